The number of nitrogens with one attached hydrogen (secondary N) is 2. The second-order valence-electron chi connectivity index (χ2n) is 5.94. The number of carbonyl (C=O) groups is 1. The van der Waals surface area contributed by atoms with Gasteiger partial charge >= 0.3 is 0 Å². The fraction of sp³-hybridized carbons (Fsp3) is 0.150. The Morgan fingerprint density at radius 2 is 1.85 bits per heavy atom. The van der Waals surface area contributed by atoms with Crippen LogP contribution in [-0.2, 0) is 11.2 Å². The van der Waals surface area contributed by atoms with Gasteiger partial charge in [-0.3, -0.25) is 9.59 Å². The van der Waals surface area contributed by atoms with Crippen LogP contribution in [0, 0.1) is 6.92 Å². The van der Waals surface area contributed by atoms with Gasteiger partial charge in [-0.05, 0) is 36.8 Å². The SMILES string of the molecule is Cc1nc(SCC(=O)Nc2ccc(Br)cc2)[nH]c(=O)c1Cc1ccccc1. The van der Waals surface area contributed by atoms with Crippen molar-refractivity contribution in [3.05, 3.63) is 86.2 Å². The Bertz CT molecular complexity index is 988. The van der Waals surface area contributed by atoms with Gasteiger partial charge in [0.25, 0.3) is 5.56 Å². The summed E-state index contributed by atoms with van der Waals surface area (Å²) < 4.78 is 0.947. The van der Waals surface area contributed by atoms with E-state index >= 15 is 0 Å². The zero-order valence-electron chi connectivity index (χ0n) is 14.7. The van der Waals surface area contributed by atoms with Crippen molar-refractivity contribution in [1.82, 2.24) is 9.97 Å². The van der Waals surface area contributed by atoms with Crippen LogP contribution >= 0.6 is 27.7 Å². The molecule has 0 aliphatic heterocycles. The number of anilines is 1. The molecule has 7 heteroatoms. The number of aryl methyl sites for hydroxylation is 1. The molecule has 27 heavy (non-hydrogen) atoms. The summed E-state index contributed by atoms with van der Waals surface area (Å²) in [5.74, 6) is 0.00668. The molecule has 2 N–H and O–H groups in total. The minimum absolute atomic E-state index is 0.156. The van der Waals surface area contributed by atoms with Gasteiger partial charge in [-0.2, -0.15) is 0 Å². The van der Waals surface area contributed by atoms with Crippen LogP contribution in [0.15, 0.2) is 69.0 Å². The normalized spacial score (nSPS) is 10.6. The molecule has 0 bridgehead atoms. The molecule has 1 amide bonds. The second kappa shape index (κ2) is 9.01. The lowest BCUT2D eigenvalue weighted by molar-refractivity contribution is -0.113. The molecule has 0 atom stereocenters. The average Bonchev–Trinajstić information content (AvgIpc) is 2.66. The quantitative estimate of drug-likeness (QED) is 0.442. The first-order valence-electron chi connectivity index (χ1n) is 8.33. The lowest BCUT2D eigenvalue weighted by atomic mass is 10.1. The fourth-order valence-electron chi connectivity index (χ4n) is 2.53. The standard InChI is InChI=1S/C20H18BrN3O2S/c1-13-17(11-14-5-3-2-4-6-14)19(26)24-20(22-13)27-12-18(25)23-16-9-7-15(21)8-10-16/h2-10H,11-12H2,1H3,(H,23,25)(H,22,24,26). The summed E-state index contributed by atoms with van der Waals surface area (Å²) in [5.41, 5.74) is 2.94. The number of thioether (sulfide) groups is 1. The van der Waals surface area contributed by atoms with E-state index in [2.05, 4.69) is 31.2 Å². The minimum atomic E-state index is -0.165. The highest BCUT2D eigenvalue weighted by Crippen LogP contribution is 2.17. The Morgan fingerprint density at radius 3 is 2.52 bits per heavy atom. The van der Waals surface area contributed by atoms with E-state index in [9.17, 15) is 9.59 Å². The first-order chi connectivity index (χ1) is 13.0. The van der Waals surface area contributed by atoms with E-state index in [1.165, 1.54) is 11.8 Å². The van der Waals surface area contributed by atoms with E-state index in [-0.39, 0.29) is 17.2 Å². The molecule has 0 radical (unpaired) electrons. The van der Waals surface area contributed by atoms with Crippen LogP contribution in [0.25, 0.3) is 0 Å². The van der Waals surface area contributed by atoms with Gasteiger partial charge in [-0.1, -0.05) is 58.0 Å². The van der Waals surface area contributed by atoms with Crippen molar-refractivity contribution in [3.63, 3.8) is 0 Å². The molecule has 1 aromatic heterocycles. The summed E-state index contributed by atoms with van der Waals surface area (Å²) in [4.78, 5) is 31.7. The number of benzene rings is 2. The van der Waals surface area contributed by atoms with Crippen LogP contribution in [-0.4, -0.2) is 21.6 Å². The molecule has 0 spiro atoms. The van der Waals surface area contributed by atoms with Crippen molar-refractivity contribution in [2.45, 2.75) is 18.5 Å². The van der Waals surface area contributed by atoms with Crippen LogP contribution in [0.5, 0.6) is 0 Å². The lowest BCUT2D eigenvalue weighted by Crippen LogP contribution is -2.19. The molecule has 3 aromatic rings. The van der Waals surface area contributed by atoms with Gasteiger partial charge < -0.3 is 10.3 Å². The zero-order valence-corrected chi connectivity index (χ0v) is 17.1. The van der Waals surface area contributed by atoms with Crippen LogP contribution in [0.2, 0.25) is 0 Å². The van der Waals surface area contributed by atoms with Crippen molar-refractivity contribution >= 4 is 39.3 Å². The van der Waals surface area contributed by atoms with E-state index in [1.807, 2.05) is 61.5 Å². The predicted molar refractivity (Wildman–Crippen MR) is 112 cm³/mol. The number of hydrogen-bond donors (Lipinski definition) is 2. The highest BCUT2D eigenvalue weighted by atomic mass is 79.9. The highest BCUT2D eigenvalue weighted by Gasteiger charge is 2.11. The number of hydrogen-bond acceptors (Lipinski definition) is 4. The Labute approximate surface area is 169 Å². The monoisotopic (exact) mass is 443 g/mol. The number of aromatic amines is 1. The number of rotatable bonds is 6. The fourth-order valence-corrected chi connectivity index (χ4v) is 3.50. The zero-order chi connectivity index (χ0) is 19.2. The van der Waals surface area contributed by atoms with Crippen LogP contribution in [0.1, 0.15) is 16.8 Å². The number of amides is 1. The Hall–Kier alpha value is -2.38. The van der Waals surface area contributed by atoms with Crippen LogP contribution < -0.4 is 10.9 Å². The summed E-state index contributed by atoms with van der Waals surface area (Å²) in [6.07, 6.45) is 0.532. The number of halogens is 1. The maximum atomic E-state index is 12.4. The molecule has 0 aliphatic rings. The maximum absolute atomic E-state index is 12.4. The van der Waals surface area contributed by atoms with Gasteiger partial charge in [0.2, 0.25) is 5.91 Å². The third kappa shape index (κ3) is 5.55. The maximum Gasteiger partial charge on any atom is 0.255 e. The van der Waals surface area contributed by atoms with Gasteiger partial charge in [-0.25, -0.2) is 4.98 Å². The van der Waals surface area contributed by atoms with Crippen molar-refractivity contribution in [3.8, 4) is 0 Å². The number of H-pyrrole nitrogens is 1. The average molecular weight is 444 g/mol. The summed E-state index contributed by atoms with van der Waals surface area (Å²) in [6, 6.07) is 17.1. The van der Waals surface area contributed by atoms with E-state index in [0.29, 0.717) is 22.8 Å². The van der Waals surface area contributed by atoms with E-state index < -0.39 is 0 Å². The molecule has 3 rings (SSSR count). The number of carbonyl (C=O) groups excluding carboxylic acids is 1. The molecule has 138 valence electrons. The molecule has 1 heterocycles. The van der Waals surface area contributed by atoms with Crippen molar-refractivity contribution in [1.29, 1.82) is 0 Å². The molecule has 0 unspecified atom stereocenters. The Balaban J connectivity index is 1.63. The van der Waals surface area contributed by atoms with Crippen LogP contribution in [0.3, 0.4) is 0 Å². The molecule has 2 aromatic carbocycles. The number of nitrogens with zero attached hydrogens (tertiary/aromatic N) is 1. The van der Waals surface area contributed by atoms with Gasteiger partial charge in [0.1, 0.15) is 0 Å². The Kier molecular flexibility index (Phi) is 6.47. The summed E-state index contributed by atoms with van der Waals surface area (Å²) in [6.45, 7) is 1.82. The third-order valence-corrected chi connectivity index (χ3v) is 5.29. The smallest absolute Gasteiger partial charge is 0.255 e. The minimum Gasteiger partial charge on any atom is -0.325 e. The number of aromatic nitrogens is 2. The molecule has 0 fully saturated rings. The molecule has 5 nitrogen and oxygen atoms in total. The first-order valence-corrected chi connectivity index (χ1v) is 10.1. The van der Waals surface area contributed by atoms with E-state index in [1.54, 1.807) is 0 Å². The van der Waals surface area contributed by atoms with E-state index in [4.69, 9.17) is 0 Å². The van der Waals surface area contributed by atoms with Gasteiger partial charge in [0.15, 0.2) is 5.16 Å². The molecule has 0 aliphatic carbocycles. The second-order valence-corrected chi connectivity index (χ2v) is 7.82. The van der Waals surface area contributed by atoms with E-state index in [0.717, 1.165) is 15.7 Å². The topological polar surface area (TPSA) is 74.8 Å². The van der Waals surface area contributed by atoms with Crippen molar-refractivity contribution in [2.24, 2.45) is 0 Å². The van der Waals surface area contributed by atoms with Gasteiger partial charge in [0.05, 0.1) is 5.75 Å². The van der Waals surface area contributed by atoms with Gasteiger partial charge in [0, 0.05) is 27.8 Å². The summed E-state index contributed by atoms with van der Waals surface area (Å²) >= 11 is 4.56. The molecular formula is C20H18BrN3O2S. The highest BCUT2D eigenvalue weighted by molar-refractivity contribution is 9.10. The van der Waals surface area contributed by atoms with Gasteiger partial charge in [-0.15, -0.1) is 0 Å². The summed E-state index contributed by atoms with van der Waals surface area (Å²) in [7, 11) is 0. The first kappa shape index (κ1) is 19.4. The third-order valence-electron chi connectivity index (χ3n) is 3.89. The predicted octanol–water partition coefficient (Wildman–Crippen LogP) is 4.16. The Morgan fingerprint density at radius 1 is 1.15 bits per heavy atom. The van der Waals surface area contributed by atoms with Crippen LogP contribution in [0.4, 0.5) is 5.69 Å². The molecule has 0 saturated heterocycles. The molecular weight excluding hydrogens is 426 g/mol. The van der Waals surface area contributed by atoms with Crippen molar-refractivity contribution < 1.29 is 4.79 Å². The lowest BCUT2D eigenvalue weighted by Gasteiger charge is -2.08. The molecule has 0 saturated carbocycles. The largest absolute Gasteiger partial charge is 0.325 e. The summed E-state index contributed by atoms with van der Waals surface area (Å²) in [5, 5.41) is 3.26. The van der Waals surface area contributed by atoms with Crippen molar-refractivity contribution in [2.75, 3.05) is 11.1 Å².